The lowest BCUT2D eigenvalue weighted by Gasteiger charge is -2.10. The number of carbonyl (C=O) groups is 1. The Balaban J connectivity index is 2.24. The first-order chi connectivity index (χ1) is 9.51. The van der Waals surface area contributed by atoms with Crippen molar-refractivity contribution in [1.29, 1.82) is 0 Å². The molecule has 0 saturated carbocycles. The lowest BCUT2D eigenvalue weighted by Crippen LogP contribution is -2.13. The molecule has 0 radical (unpaired) electrons. The smallest absolute Gasteiger partial charge is 0.255 e. The van der Waals surface area contributed by atoms with Gasteiger partial charge in [0.05, 0.1) is 18.5 Å². The maximum atomic E-state index is 13.6. The monoisotopic (exact) mass is 274 g/mol. The van der Waals surface area contributed by atoms with E-state index >= 15 is 0 Å². The van der Waals surface area contributed by atoms with Gasteiger partial charge in [0.1, 0.15) is 0 Å². The fourth-order valence-electron chi connectivity index (χ4n) is 1.78. The molecule has 0 aliphatic heterocycles. The molecule has 0 aliphatic carbocycles. The number of rotatable bonds is 3. The van der Waals surface area contributed by atoms with Gasteiger partial charge >= 0.3 is 0 Å². The van der Waals surface area contributed by atoms with Crippen molar-refractivity contribution in [2.75, 3.05) is 18.2 Å². The number of nitrogens with two attached hydrogens (primary N) is 1. The number of aryl methyl sites for hydroxylation is 1. The van der Waals surface area contributed by atoms with Crippen LogP contribution in [0, 0.1) is 12.7 Å². The molecule has 0 spiro atoms. The Morgan fingerprint density at radius 2 is 2.00 bits per heavy atom. The molecule has 0 atom stereocenters. The number of halogens is 1. The van der Waals surface area contributed by atoms with E-state index in [0.29, 0.717) is 11.4 Å². The molecule has 3 N–H and O–H groups in total. The fourth-order valence-corrected chi connectivity index (χ4v) is 1.78. The summed E-state index contributed by atoms with van der Waals surface area (Å²) in [6, 6.07) is 9.33. The van der Waals surface area contributed by atoms with Crippen molar-refractivity contribution in [1.82, 2.24) is 0 Å². The Hall–Kier alpha value is -2.56. The van der Waals surface area contributed by atoms with Crippen molar-refractivity contribution in [3.8, 4) is 5.75 Å². The first-order valence-electron chi connectivity index (χ1n) is 6.02. The summed E-state index contributed by atoms with van der Waals surface area (Å²) in [7, 11) is 1.37. The summed E-state index contributed by atoms with van der Waals surface area (Å²) in [4.78, 5) is 12.1. The van der Waals surface area contributed by atoms with E-state index in [-0.39, 0.29) is 11.3 Å². The average Bonchev–Trinajstić information content (AvgIpc) is 2.42. The molecule has 20 heavy (non-hydrogen) atoms. The molecule has 2 aromatic carbocycles. The van der Waals surface area contributed by atoms with Gasteiger partial charge in [0, 0.05) is 5.56 Å². The molecule has 104 valence electrons. The number of anilines is 2. The molecular formula is C15H15FN2O2. The second kappa shape index (κ2) is 5.61. The van der Waals surface area contributed by atoms with Gasteiger partial charge in [0.25, 0.3) is 5.91 Å². The van der Waals surface area contributed by atoms with Crippen LogP contribution in [0.5, 0.6) is 5.75 Å². The molecule has 5 heteroatoms. The second-order valence-corrected chi connectivity index (χ2v) is 4.39. The quantitative estimate of drug-likeness (QED) is 0.846. The molecule has 0 heterocycles. The van der Waals surface area contributed by atoms with Crippen molar-refractivity contribution in [3.63, 3.8) is 0 Å². The zero-order valence-corrected chi connectivity index (χ0v) is 11.2. The minimum atomic E-state index is -0.586. The summed E-state index contributed by atoms with van der Waals surface area (Å²) in [5, 5.41) is 2.66. The van der Waals surface area contributed by atoms with Gasteiger partial charge in [-0.05, 0) is 42.8 Å². The number of hydrogen-bond acceptors (Lipinski definition) is 3. The highest BCUT2D eigenvalue weighted by atomic mass is 19.1. The maximum absolute atomic E-state index is 13.6. The van der Waals surface area contributed by atoms with Gasteiger partial charge in [-0.2, -0.15) is 0 Å². The summed E-state index contributed by atoms with van der Waals surface area (Å²) in [5.41, 5.74) is 7.91. The van der Waals surface area contributed by atoms with Gasteiger partial charge in [-0.1, -0.05) is 6.07 Å². The third-order valence-corrected chi connectivity index (χ3v) is 2.87. The van der Waals surface area contributed by atoms with Gasteiger partial charge < -0.3 is 15.8 Å². The summed E-state index contributed by atoms with van der Waals surface area (Å²) in [6.45, 7) is 1.89. The third-order valence-electron chi connectivity index (χ3n) is 2.87. The highest BCUT2D eigenvalue weighted by molar-refractivity contribution is 6.05. The van der Waals surface area contributed by atoms with E-state index in [1.807, 2.05) is 13.0 Å². The third kappa shape index (κ3) is 2.88. The number of ether oxygens (including phenoxy) is 1. The summed E-state index contributed by atoms with van der Waals surface area (Å²) in [6.07, 6.45) is 0. The summed E-state index contributed by atoms with van der Waals surface area (Å²) in [5.74, 6) is -0.919. The number of nitrogen functional groups attached to an aromatic ring is 1. The minimum Gasteiger partial charge on any atom is -0.494 e. The number of nitrogens with one attached hydrogen (secondary N) is 1. The van der Waals surface area contributed by atoms with Crippen LogP contribution in [-0.4, -0.2) is 13.0 Å². The lowest BCUT2D eigenvalue weighted by atomic mass is 10.1. The van der Waals surface area contributed by atoms with E-state index in [1.165, 1.54) is 19.2 Å². The van der Waals surface area contributed by atoms with Crippen LogP contribution in [0.1, 0.15) is 15.9 Å². The number of carbonyl (C=O) groups excluding carboxylic acids is 1. The second-order valence-electron chi connectivity index (χ2n) is 4.39. The zero-order chi connectivity index (χ0) is 14.7. The molecule has 0 aromatic heterocycles. The molecule has 1 amide bonds. The number of methoxy groups -OCH3 is 1. The Kier molecular flexibility index (Phi) is 3.89. The van der Waals surface area contributed by atoms with Gasteiger partial charge in [-0.3, -0.25) is 4.79 Å². The van der Waals surface area contributed by atoms with E-state index in [9.17, 15) is 9.18 Å². The molecule has 0 bridgehead atoms. The Morgan fingerprint density at radius 1 is 1.25 bits per heavy atom. The highest BCUT2D eigenvalue weighted by Crippen LogP contribution is 2.22. The van der Waals surface area contributed by atoms with Crippen LogP contribution >= 0.6 is 0 Å². The first kappa shape index (κ1) is 13.9. The van der Waals surface area contributed by atoms with Crippen molar-refractivity contribution in [3.05, 3.63) is 53.3 Å². The number of amides is 1. The van der Waals surface area contributed by atoms with Gasteiger partial charge in [0.2, 0.25) is 0 Å². The van der Waals surface area contributed by atoms with Crippen LogP contribution in [0.3, 0.4) is 0 Å². The van der Waals surface area contributed by atoms with Crippen molar-refractivity contribution >= 4 is 17.3 Å². The maximum Gasteiger partial charge on any atom is 0.255 e. The molecule has 2 aromatic rings. The summed E-state index contributed by atoms with van der Waals surface area (Å²) >= 11 is 0. The van der Waals surface area contributed by atoms with Gasteiger partial charge in [-0.15, -0.1) is 0 Å². The van der Waals surface area contributed by atoms with E-state index in [4.69, 9.17) is 10.5 Å². The predicted octanol–water partition coefficient (Wildman–Crippen LogP) is 2.98. The largest absolute Gasteiger partial charge is 0.494 e. The molecule has 0 fully saturated rings. The molecule has 0 saturated heterocycles. The van der Waals surface area contributed by atoms with E-state index < -0.39 is 11.7 Å². The van der Waals surface area contributed by atoms with E-state index in [2.05, 4.69) is 5.32 Å². The van der Waals surface area contributed by atoms with Gasteiger partial charge in [-0.25, -0.2) is 4.39 Å². The first-order valence-corrected chi connectivity index (χ1v) is 6.02. The van der Waals surface area contributed by atoms with Crippen LogP contribution in [-0.2, 0) is 0 Å². The molecule has 0 unspecified atom stereocenters. The lowest BCUT2D eigenvalue weighted by molar-refractivity contribution is 0.102. The Labute approximate surface area is 116 Å². The van der Waals surface area contributed by atoms with Crippen molar-refractivity contribution in [2.24, 2.45) is 0 Å². The molecule has 4 nitrogen and oxygen atoms in total. The number of hydrogen-bond donors (Lipinski definition) is 2. The minimum absolute atomic E-state index is 0.0941. The van der Waals surface area contributed by atoms with Gasteiger partial charge in [0.15, 0.2) is 11.6 Å². The zero-order valence-electron chi connectivity index (χ0n) is 11.2. The average molecular weight is 274 g/mol. The predicted molar refractivity (Wildman–Crippen MR) is 76.5 cm³/mol. The fraction of sp³-hybridized carbons (Fsp3) is 0.133. The van der Waals surface area contributed by atoms with Crippen molar-refractivity contribution in [2.45, 2.75) is 6.92 Å². The van der Waals surface area contributed by atoms with Crippen LogP contribution < -0.4 is 15.8 Å². The molecular weight excluding hydrogens is 259 g/mol. The standard InChI is InChI=1S/C15H15FN2O2/c1-9-3-5-12(17)13(7-9)18-15(19)10-4-6-14(20-2)11(16)8-10/h3-8H,17H2,1-2H3,(H,18,19). The van der Waals surface area contributed by atoms with Crippen molar-refractivity contribution < 1.29 is 13.9 Å². The van der Waals surface area contributed by atoms with E-state index in [0.717, 1.165) is 11.6 Å². The van der Waals surface area contributed by atoms with Crippen LogP contribution in [0.4, 0.5) is 15.8 Å². The topological polar surface area (TPSA) is 64.3 Å². The SMILES string of the molecule is COc1ccc(C(=O)Nc2cc(C)ccc2N)cc1F. The molecule has 2 rings (SSSR count). The normalized spacial score (nSPS) is 10.2. The van der Waals surface area contributed by atoms with Crippen LogP contribution in [0.15, 0.2) is 36.4 Å². The Bertz CT molecular complexity index is 656. The molecule has 0 aliphatic rings. The van der Waals surface area contributed by atoms with Crippen LogP contribution in [0.25, 0.3) is 0 Å². The van der Waals surface area contributed by atoms with Crippen LogP contribution in [0.2, 0.25) is 0 Å². The summed E-state index contributed by atoms with van der Waals surface area (Å²) < 4.78 is 18.4. The van der Waals surface area contributed by atoms with E-state index in [1.54, 1.807) is 12.1 Å². The number of benzene rings is 2. The Morgan fingerprint density at radius 3 is 2.65 bits per heavy atom. The highest BCUT2D eigenvalue weighted by Gasteiger charge is 2.11.